The third-order valence-electron chi connectivity index (χ3n) is 8.72. The molecule has 8 nitrogen and oxygen atoms in total. The summed E-state index contributed by atoms with van der Waals surface area (Å²) in [7, 11) is -4.75. The van der Waals surface area contributed by atoms with Crippen molar-refractivity contribution in [2.45, 2.75) is 206 Å². The fraction of sp³-hybridized carbons (Fsp3) is 0.850. The molecule has 2 N–H and O–H groups in total. The van der Waals surface area contributed by atoms with E-state index >= 15 is 0 Å². The van der Waals surface area contributed by atoms with Gasteiger partial charge in [-0.25, -0.2) is 4.57 Å². The molecule has 288 valence electrons. The van der Waals surface area contributed by atoms with Crippen LogP contribution in [-0.4, -0.2) is 41.0 Å². The number of hydrogen-bond acceptors (Lipinski definition) is 6. The lowest BCUT2D eigenvalue weighted by Gasteiger charge is -2.18. The van der Waals surface area contributed by atoms with E-state index in [2.05, 4.69) is 42.7 Å². The Morgan fingerprint density at radius 1 is 0.531 bits per heavy atom. The molecule has 0 aromatic carbocycles. The number of allylic oxidation sites excluding steroid dienone is 4. The van der Waals surface area contributed by atoms with Crippen LogP contribution in [0, 0.1) is 0 Å². The first kappa shape index (κ1) is 47.5. The maximum absolute atomic E-state index is 12.4. The van der Waals surface area contributed by atoms with Crippen molar-refractivity contribution in [3.8, 4) is 0 Å². The highest BCUT2D eigenvalue weighted by atomic mass is 31.2. The minimum Gasteiger partial charge on any atom is -0.462 e. The van der Waals surface area contributed by atoms with Gasteiger partial charge in [0.25, 0.3) is 0 Å². The lowest BCUT2D eigenvalue weighted by atomic mass is 10.0. The molecule has 49 heavy (non-hydrogen) atoms. The molecule has 0 spiro atoms. The van der Waals surface area contributed by atoms with Crippen molar-refractivity contribution >= 4 is 19.8 Å². The first-order valence-electron chi connectivity index (χ1n) is 20.1. The van der Waals surface area contributed by atoms with Crippen molar-refractivity contribution in [2.75, 3.05) is 13.2 Å². The summed E-state index contributed by atoms with van der Waals surface area (Å²) in [6.07, 6.45) is 40.4. The number of ether oxygens (including phenoxy) is 2. The molecule has 0 bridgehead atoms. The molecule has 1 atom stereocenters. The highest BCUT2D eigenvalue weighted by molar-refractivity contribution is 7.46. The van der Waals surface area contributed by atoms with Crippen molar-refractivity contribution in [3.05, 3.63) is 24.3 Å². The van der Waals surface area contributed by atoms with Crippen molar-refractivity contribution < 1.29 is 37.9 Å². The maximum atomic E-state index is 12.4. The fourth-order valence-electron chi connectivity index (χ4n) is 5.68. The van der Waals surface area contributed by atoms with E-state index in [-0.39, 0.29) is 19.4 Å². The van der Waals surface area contributed by atoms with Crippen LogP contribution in [0.2, 0.25) is 0 Å². The van der Waals surface area contributed by atoms with E-state index in [0.29, 0.717) is 6.42 Å². The zero-order chi connectivity index (χ0) is 36.1. The number of hydrogen-bond donors (Lipinski definition) is 2. The van der Waals surface area contributed by atoms with Crippen molar-refractivity contribution in [3.63, 3.8) is 0 Å². The monoisotopic (exact) mass is 715 g/mol. The van der Waals surface area contributed by atoms with E-state index in [1.165, 1.54) is 103 Å². The summed E-state index contributed by atoms with van der Waals surface area (Å²) in [5.41, 5.74) is 0. The molecule has 0 aromatic rings. The van der Waals surface area contributed by atoms with Gasteiger partial charge in [0, 0.05) is 12.8 Å². The first-order chi connectivity index (χ1) is 23.8. The van der Waals surface area contributed by atoms with E-state index in [1.807, 2.05) is 0 Å². The van der Waals surface area contributed by atoms with Crippen LogP contribution in [0.15, 0.2) is 24.3 Å². The van der Waals surface area contributed by atoms with Gasteiger partial charge in [0.1, 0.15) is 6.61 Å². The van der Waals surface area contributed by atoms with Crippen molar-refractivity contribution in [2.24, 2.45) is 0 Å². The summed E-state index contributed by atoms with van der Waals surface area (Å²) >= 11 is 0. The van der Waals surface area contributed by atoms with Crippen LogP contribution < -0.4 is 0 Å². The Bertz CT molecular complexity index is 853. The predicted octanol–water partition coefficient (Wildman–Crippen LogP) is 12.0. The molecule has 0 radical (unpaired) electrons. The van der Waals surface area contributed by atoms with Crippen LogP contribution in [0.3, 0.4) is 0 Å². The fourth-order valence-corrected chi connectivity index (χ4v) is 6.04. The van der Waals surface area contributed by atoms with Gasteiger partial charge in [-0.2, -0.15) is 0 Å². The molecule has 0 saturated heterocycles. The Balaban J connectivity index is 3.92. The van der Waals surface area contributed by atoms with Gasteiger partial charge >= 0.3 is 19.8 Å². The molecule has 0 aliphatic heterocycles. The number of rotatable bonds is 37. The summed E-state index contributed by atoms with van der Waals surface area (Å²) < 4.78 is 26.3. The number of carbonyl (C=O) groups is 2. The van der Waals surface area contributed by atoms with Crippen LogP contribution in [0.5, 0.6) is 0 Å². The lowest BCUT2D eigenvalue weighted by molar-refractivity contribution is -0.161. The van der Waals surface area contributed by atoms with Gasteiger partial charge in [-0.3, -0.25) is 14.1 Å². The normalized spacial score (nSPS) is 12.7. The molecule has 0 fully saturated rings. The van der Waals surface area contributed by atoms with Crippen molar-refractivity contribution in [1.29, 1.82) is 0 Å². The van der Waals surface area contributed by atoms with Crippen molar-refractivity contribution in [1.82, 2.24) is 0 Å². The maximum Gasteiger partial charge on any atom is 0.469 e. The molecule has 0 heterocycles. The number of unbranched alkanes of at least 4 members (excludes halogenated alkanes) is 23. The zero-order valence-electron chi connectivity index (χ0n) is 31.6. The number of phosphoric acid groups is 1. The van der Waals surface area contributed by atoms with Gasteiger partial charge in [-0.1, -0.05) is 173 Å². The van der Waals surface area contributed by atoms with E-state index in [9.17, 15) is 14.2 Å². The summed E-state index contributed by atoms with van der Waals surface area (Å²) in [5.74, 6) is -0.894. The van der Waals surface area contributed by atoms with E-state index in [1.54, 1.807) is 0 Å². The number of esters is 2. The molecule has 0 rings (SSSR count). The smallest absolute Gasteiger partial charge is 0.462 e. The number of phosphoric ester groups is 1. The molecule has 0 saturated carbocycles. The van der Waals surface area contributed by atoms with Crippen LogP contribution in [0.4, 0.5) is 0 Å². The first-order valence-corrected chi connectivity index (χ1v) is 21.7. The van der Waals surface area contributed by atoms with Gasteiger partial charge in [-0.05, 0) is 38.5 Å². The average molecular weight is 715 g/mol. The van der Waals surface area contributed by atoms with Crippen LogP contribution in [0.1, 0.15) is 200 Å². The SMILES string of the molecule is CCCC/C=C\C/C=C\CCCCCCCC(=O)OC(COC(=O)CCCCCCCCCCCCCCCCCCC)COP(=O)(O)O. The zero-order valence-corrected chi connectivity index (χ0v) is 32.5. The largest absolute Gasteiger partial charge is 0.469 e. The second kappa shape index (κ2) is 36.3. The van der Waals surface area contributed by atoms with Crippen LogP contribution in [0.25, 0.3) is 0 Å². The van der Waals surface area contributed by atoms with Gasteiger partial charge < -0.3 is 19.3 Å². The second-order valence-electron chi connectivity index (χ2n) is 13.6. The molecule has 0 amide bonds. The summed E-state index contributed by atoms with van der Waals surface area (Å²) in [6, 6.07) is 0. The second-order valence-corrected chi connectivity index (χ2v) is 14.9. The third kappa shape index (κ3) is 39.2. The Morgan fingerprint density at radius 2 is 0.939 bits per heavy atom. The number of carbonyl (C=O) groups excluding carboxylic acids is 2. The van der Waals surface area contributed by atoms with Gasteiger partial charge in [-0.15, -0.1) is 0 Å². The molecule has 0 aliphatic carbocycles. The van der Waals surface area contributed by atoms with Gasteiger partial charge in [0.15, 0.2) is 6.10 Å². The lowest BCUT2D eigenvalue weighted by Crippen LogP contribution is -2.29. The Hall–Kier alpha value is -1.47. The van der Waals surface area contributed by atoms with Crippen LogP contribution >= 0.6 is 7.82 Å². The Labute approximate surface area is 300 Å². The molecule has 9 heteroatoms. The summed E-state index contributed by atoms with van der Waals surface area (Å²) in [4.78, 5) is 42.8. The standard InChI is InChI=1S/C40H75O8P/c1-3-5-7-9-11-13-15-17-19-20-21-23-24-26-28-30-32-34-39(41)46-36-38(37-47-49(43,44)45)48-40(42)35-33-31-29-27-25-22-18-16-14-12-10-8-6-4-2/h10,12,16,18,38H,3-9,11,13-15,17,19-37H2,1-2H3,(H2,43,44,45)/b12-10-,18-16-. The molecule has 0 aromatic heterocycles. The quantitative estimate of drug-likeness (QED) is 0.0282. The highest BCUT2D eigenvalue weighted by Gasteiger charge is 2.22. The van der Waals surface area contributed by atoms with E-state index in [4.69, 9.17) is 19.3 Å². The topological polar surface area (TPSA) is 119 Å². The molecular formula is C40H75O8P. The summed E-state index contributed by atoms with van der Waals surface area (Å²) in [5, 5.41) is 0. The predicted molar refractivity (Wildman–Crippen MR) is 202 cm³/mol. The Morgan fingerprint density at radius 3 is 1.41 bits per heavy atom. The Kier molecular flexibility index (Phi) is 35.2. The molecule has 1 unspecified atom stereocenters. The highest BCUT2D eigenvalue weighted by Crippen LogP contribution is 2.36. The minimum atomic E-state index is -4.75. The third-order valence-corrected chi connectivity index (χ3v) is 9.21. The van der Waals surface area contributed by atoms with E-state index < -0.39 is 32.5 Å². The average Bonchev–Trinajstić information content (AvgIpc) is 3.07. The van der Waals surface area contributed by atoms with E-state index in [0.717, 1.165) is 64.2 Å². The molecule has 0 aliphatic rings. The molecular weight excluding hydrogens is 639 g/mol. The van der Waals surface area contributed by atoms with Gasteiger partial charge in [0.2, 0.25) is 0 Å². The summed E-state index contributed by atoms with van der Waals surface area (Å²) in [6.45, 7) is 3.64. The minimum absolute atomic E-state index is 0.198. The van der Waals surface area contributed by atoms with Gasteiger partial charge in [0.05, 0.1) is 6.61 Å². The van der Waals surface area contributed by atoms with Crippen LogP contribution in [-0.2, 0) is 28.2 Å².